The molecule has 0 bridgehead atoms. The lowest BCUT2D eigenvalue weighted by Gasteiger charge is -2.29. The second-order valence-electron chi connectivity index (χ2n) is 6.46. The van der Waals surface area contributed by atoms with Crippen LogP contribution in [0.15, 0.2) is 54.7 Å². The van der Waals surface area contributed by atoms with Crippen LogP contribution in [0, 0.1) is 5.82 Å². The fourth-order valence-corrected chi connectivity index (χ4v) is 3.68. The molecule has 0 amide bonds. The van der Waals surface area contributed by atoms with E-state index < -0.39 is 0 Å². The summed E-state index contributed by atoms with van der Waals surface area (Å²) in [5.74, 6) is 0.400. The molecule has 0 aliphatic carbocycles. The Bertz CT molecular complexity index is 933. The first-order valence-electron chi connectivity index (χ1n) is 9.05. The number of thiocarbonyl (C=S) groups is 1. The van der Waals surface area contributed by atoms with Crippen molar-refractivity contribution in [1.82, 2.24) is 9.47 Å². The molecule has 0 saturated carbocycles. The lowest BCUT2D eigenvalue weighted by atomic mass is 10.1. The molecule has 27 heavy (non-hydrogen) atoms. The Kier molecular flexibility index (Phi) is 5.36. The average molecular weight is 384 g/mol. The van der Waals surface area contributed by atoms with Crippen LogP contribution >= 0.6 is 12.2 Å². The second kappa shape index (κ2) is 8.06. The minimum Gasteiger partial charge on any atom is -0.492 e. The van der Waals surface area contributed by atoms with E-state index in [0.717, 1.165) is 34.5 Å². The predicted octanol–water partition coefficient (Wildman–Crippen LogP) is 3.87. The summed E-state index contributed by atoms with van der Waals surface area (Å²) in [6.07, 6.45) is 2.11. The smallest absolute Gasteiger partial charge is 0.123 e. The van der Waals surface area contributed by atoms with Crippen molar-refractivity contribution in [3.05, 3.63) is 66.1 Å². The number of morpholine rings is 1. The summed E-state index contributed by atoms with van der Waals surface area (Å²) in [5.41, 5.74) is 2.20. The molecular formula is C21H21FN2O2S. The highest BCUT2D eigenvalue weighted by Gasteiger charge is 2.19. The molecule has 3 aromatic rings. The molecule has 140 valence electrons. The van der Waals surface area contributed by atoms with E-state index in [4.69, 9.17) is 21.7 Å². The van der Waals surface area contributed by atoms with Crippen LogP contribution in [0.2, 0.25) is 0 Å². The van der Waals surface area contributed by atoms with Gasteiger partial charge in [-0.2, -0.15) is 0 Å². The van der Waals surface area contributed by atoms with Gasteiger partial charge in [-0.15, -0.1) is 0 Å². The molecule has 2 heterocycles. The van der Waals surface area contributed by atoms with Crippen molar-refractivity contribution in [2.24, 2.45) is 0 Å². The molecule has 0 N–H and O–H groups in total. The molecule has 1 aliphatic rings. The second-order valence-corrected chi connectivity index (χ2v) is 6.85. The highest BCUT2D eigenvalue weighted by Crippen LogP contribution is 2.24. The summed E-state index contributed by atoms with van der Waals surface area (Å²) >= 11 is 5.77. The van der Waals surface area contributed by atoms with Gasteiger partial charge in [0.1, 0.15) is 23.2 Å². The number of para-hydroxylation sites is 1. The molecule has 4 rings (SSSR count). The third-order valence-corrected chi connectivity index (χ3v) is 5.21. The lowest BCUT2D eigenvalue weighted by molar-refractivity contribution is 0.0693. The van der Waals surface area contributed by atoms with Crippen molar-refractivity contribution < 1.29 is 13.9 Å². The van der Waals surface area contributed by atoms with Crippen LogP contribution < -0.4 is 4.74 Å². The predicted molar refractivity (Wildman–Crippen MR) is 108 cm³/mol. The van der Waals surface area contributed by atoms with Crippen molar-refractivity contribution >= 4 is 28.1 Å². The van der Waals surface area contributed by atoms with Gasteiger partial charge in [0.05, 0.1) is 19.8 Å². The fraction of sp³-hybridized carbons (Fsp3) is 0.286. The van der Waals surface area contributed by atoms with Crippen LogP contribution in [-0.2, 0) is 11.3 Å². The largest absolute Gasteiger partial charge is 0.492 e. The van der Waals surface area contributed by atoms with Gasteiger partial charge in [-0.3, -0.25) is 0 Å². The Morgan fingerprint density at radius 1 is 1.07 bits per heavy atom. The zero-order valence-corrected chi connectivity index (χ0v) is 15.8. The minimum absolute atomic E-state index is 0.264. The Balaban J connectivity index is 1.52. The average Bonchev–Trinajstić information content (AvgIpc) is 3.08. The van der Waals surface area contributed by atoms with E-state index in [2.05, 4.69) is 27.8 Å². The number of fused-ring (bicyclic) bond motifs is 1. The molecule has 6 heteroatoms. The molecule has 0 unspecified atom stereocenters. The standard InChI is InChI=1S/C21H21FN2O2S/c22-16-5-7-17(8-6-16)26-14-11-24-15-19(18-3-1-2-4-20(18)24)21(27)23-9-12-25-13-10-23/h1-8,15H,9-14H2. The number of nitrogens with zero attached hydrogens (tertiary/aromatic N) is 2. The molecule has 0 atom stereocenters. The molecule has 4 nitrogen and oxygen atoms in total. The number of halogens is 1. The zero-order chi connectivity index (χ0) is 18.6. The number of ether oxygens (including phenoxy) is 2. The number of rotatable bonds is 5. The topological polar surface area (TPSA) is 26.6 Å². The van der Waals surface area contributed by atoms with Crippen LogP contribution in [-0.4, -0.2) is 47.4 Å². The summed E-state index contributed by atoms with van der Waals surface area (Å²) in [6.45, 7) is 4.25. The van der Waals surface area contributed by atoms with Crippen molar-refractivity contribution in [3.63, 3.8) is 0 Å². The summed E-state index contributed by atoms with van der Waals surface area (Å²) in [6, 6.07) is 14.4. The van der Waals surface area contributed by atoms with Gasteiger partial charge in [-0.25, -0.2) is 4.39 Å². The van der Waals surface area contributed by atoms with Gasteiger partial charge in [-0.05, 0) is 30.3 Å². The minimum atomic E-state index is -0.264. The molecule has 0 spiro atoms. The number of hydrogen-bond acceptors (Lipinski definition) is 3. The van der Waals surface area contributed by atoms with E-state index in [1.165, 1.54) is 12.1 Å². The first-order valence-corrected chi connectivity index (χ1v) is 9.46. The highest BCUT2D eigenvalue weighted by atomic mass is 32.1. The van der Waals surface area contributed by atoms with E-state index >= 15 is 0 Å². The Hall–Kier alpha value is -2.44. The van der Waals surface area contributed by atoms with E-state index in [1.54, 1.807) is 12.1 Å². The quantitative estimate of drug-likeness (QED) is 0.624. The molecule has 2 aromatic carbocycles. The third-order valence-electron chi connectivity index (χ3n) is 4.73. The number of benzene rings is 2. The fourth-order valence-electron chi connectivity index (χ4n) is 3.33. The summed E-state index contributed by atoms with van der Waals surface area (Å²) in [4.78, 5) is 3.08. The zero-order valence-electron chi connectivity index (χ0n) is 14.9. The molecule has 1 aromatic heterocycles. The summed E-state index contributed by atoms with van der Waals surface area (Å²) < 4.78 is 26.4. The molecule has 1 saturated heterocycles. The van der Waals surface area contributed by atoms with Gasteiger partial charge in [0, 0.05) is 35.8 Å². The van der Waals surface area contributed by atoms with Crippen molar-refractivity contribution in [2.45, 2.75) is 6.54 Å². The van der Waals surface area contributed by atoms with E-state index in [-0.39, 0.29) is 5.82 Å². The summed E-state index contributed by atoms with van der Waals surface area (Å²) in [7, 11) is 0. The van der Waals surface area contributed by atoms with Crippen molar-refractivity contribution in [2.75, 3.05) is 32.9 Å². The van der Waals surface area contributed by atoms with Gasteiger partial charge in [0.15, 0.2) is 0 Å². The Labute approximate surface area is 163 Å². The van der Waals surface area contributed by atoms with Crippen molar-refractivity contribution in [3.8, 4) is 5.75 Å². The van der Waals surface area contributed by atoms with Crippen molar-refractivity contribution in [1.29, 1.82) is 0 Å². The van der Waals surface area contributed by atoms with E-state index in [0.29, 0.717) is 32.1 Å². The Morgan fingerprint density at radius 3 is 2.59 bits per heavy atom. The lowest BCUT2D eigenvalue weighted by Crippen LogP contribution is -2.40. The maximum Gasteiger partial charge on any atom is 0.123 e. The molecule has 0 radical (unpaired) electrons. The Morgan fingerprint density at radius 2 is 1.81 bits per heavy atom. The van der Waals surface area contributed by atoms with Gasteiger partial charge in [0.25, 0.3) is 0 Å². The van der Waals surface area contributed by atoms with Crippen LogP contribution in [0.1, 0.15) is 5.56 Å². The van der Waals surface area contributed by atoms with Gasteiger partial charge in [-0.1, -0.05) is 30.4 Å². The van der Waals surface area contributed by atoms with Crippen LogP contribution in [0.25, 0.3) is 10.9 Å². The first-order chi connectivity index (χ1) is 13.2. The highest BCUT2D eigenvalue weighted by molar-refractivity contribution is 7.80. The van der Waals surface area contributed by atoms with Crippen LogP contribution in [0.5, 0.6) is 5.75 Å². The number of aromatic nitrogens is 1. The normalized spacial score (nSPS) is 14.5. The van der Waals surface area contributed by atoms with E-state index in [9.17, 15) is 4.39 Å². The maximum absolute atomic E-state index is 13.0. The molecule has 1 fully saturated rings. The van der Waals surface area contributed by atoms with Gasteiger partial charge in [0.2, 0.25) is 0 Å². The number of hydrogen-bond donors (Lipinski definition) is 0. The van der Waals surface area contributed by atoms with E-state index in [1.807, 2.05) is 12.1 Å². The molecular weight excluding hydrogens is 363 g/mol. The SMILES string of the molecule is Fc1ccc(OCCn2cc(C(=S)N3CCOCC3)c3ccccc32)cc1. The molecule has 1 aliphatic heterocycles. The van der Waals surface area contributed by atoms with Crippen LogP contribution in [0.3, 0.4) is 0 Å². The first kappa shape index (κ1) is 17.9. The monoisotopic (exact) mass is 384 g/mol. The summed E-state index contributed by atoms with van der Waals surface area (Å²) in [5, 5.41) is 1.15. The van der Waals surface area contributed by atoms with Gasteiger partial charge < -0.3 is 18.9 Å². The third kappa shape index (κ3) is 3.96. The van der Waals surface area contributed by atoms with Crippen LogP contribution in [0.4, 0.5) is 4.39 Å². The van der Waals surface area contributed by atoms with Gasteiger partial charge >= 0.3 is 0 Å². The maximum atomic E-state index is 13.0.